The molecule has 0 atom stereocenters. The van der Waals surface area contributed by atoms with E-state index in [4.69, 9.17) is 9.97 Å². The van der Waals surface area contributed by atoms with E-state index >= 15 is 0 Å². The normalized spacial score (nSPS) is 11.7. The van der Waals surface area contributed by atoms with E-state index in [9.17, 15) is 0 Å². The van der Waals surface area contributed by atoms with E-state index in [0.717, 1.165) is 72.2 Å². The summed E-state index contributed by atoms with van der Waals surface area (Å²) in [7, 11) is 0. The Labute approximate surface area is 374 Å². The molecule has 13 rings (SSSR count). The summed E-state index contributed by atoms with van der Waals surface area (Å²) in [4.78, 5) is 21.4. The molecule has 4 aromatic heterocycles. The maximum Gasteiger partial charge on any atom is 0.0892 e. The fourth-order valence-electron chi connectivity index (χ4n) is 9.59. The zero-order valence-corrected chi connectivity index (χ0v) is 35.1. The molecular weight excluding hydrogens is 791 g/mol. The molecule has 0 amide bonds. The van der Waals surface area contributed by atoms with Gasteiger partial charge in [0, 0.05) is 62.1 Å². The molecule has 0 saturated carbocycles. The average molecular weight is 828 g/mol. The largest absolute Gasteiger partial charge is 0.310 e. The van der Waals surface area contributed by atoms with Crippen LogP contribution in [-0.4, -0.2) is 19.9 Å². The van der Waals surface area contributed by atoms with Crippen LogP contribution in [0.5, 0.6) is 0 Å². The number of benzene rings is 9. The molecule has 0 spiro atoms. The summed E-state index contributed by atoms with van der Waals surface area (Å²) in [5.74, 6) is 0. The van der Waals surface area contributed by atoms with Gasteiger partial charge in [0.25, 0.3) is 0 Å². The summed E-state index contributed by atoms with van der Waals surface area (Å²) in [6.07, 6.45) is 7.60. The van der Waals surface area contributed by atoms with Crippen molar-refractivity contribution in [3.63, 3.8) is 0 Å². The van der Waals surface area contributed by atoms with Gasteiger partial charge in [0.2, 0.25) is 0 Å². The molecule has 5 heteroatoms. The van der Waals surface area contributed by atoms with Crippen LogP contribution in [0.3, 0.4) is 0 Å². The second kappa shape index (κ2) is 14.9. The Morgan fingerprint density at radius 2 is 0.662 bits per heavy atom. The predicted molar refractivity (Wildman–Crippen MR) is 271 cm³/mol. The highest BCUT2D eigenvalue weighted by atomic mass is 15.1. The van der Waals surface area contributed by atoms with Crippen molar-refractivity contribution in [2.75, 3.05) is 4.90 Å². The van der Waals surface area contributed by atoms with Gasteiger partial charge in [-0.2, -0.15) is 0 Å². The van der Waals surface area contributed by atoms with Crippen molar-refractivity contribution in [1.29, 1.82) is 0 Å². The molecule has 0 fully saturated rings. The Morgan fingerprint density at radius 3 is 1.25 bits per heavy atom. The van der Waals surface area contributed by atoms with Crippen LogP contribution >= 0.6 is 0 Å². The Bertz CT molecular complexity index is 3850. The van der Waals surface area contributed by atoms with Gasteiger partial charge in [-0.05, 0) is 115 Å². The van der Waals surface area contributed by atoms with E-state index in [-0.39, 0.29) is 0 Å². The quantitative estimate of drug-likeness (QED) is 0.156. The van der Waals surface area contributed by atoms with Gasteiger partial charge in [0.1, 0.15) is 0 Å². The standard InChI is InChI=1S/C60H37N5/c1-2-8-41-29-42(14-13-38(41)7-1)43-21-27-53-44(30-43)15-16-45-31-50(26-28-54(45)53)65(48-22-17-39(18-23-48)57-32-55-51-11-5-3-9-46(51)34-61-59(55)36-63-57)49-24-19-40(20-25-49)58-33-56-52-12-6-4-10-47(52)35-62-60(56)37-64-58/h1-37H. The maximum atomic E-state index is 4.86. The maximum absolute atomic E-state index is 4.86. The van der Waals surface area contributed by atoms with Crippen molar-refractivity contribution < 1.29 is 0 Å². The topological polar surface area (TPSA) is 54.8 Å². The lowest BCUT2D eigenvalue weighted by molar-refractivity contribution is 1.28. The molecule has 0 aliphatic heterocycles. The minimum Gasteiger partial charge on any atom is -0.310 e. The summed E-state index contributed by atoms with van der Waals surface area (Å²) >= 11 is 0. The van der Waals surface area contributed by atoms with Gasteiger partial charge in [-0.25, -0.2) is 0 Å². The minimum absolute atomic E-state index is 0.886. The Hall–Kier alpha value is -8.80. The lowest BCUT2D eigenvalue weighted by Crippen LogP contribution is -2.10. The summed E-state index contributed by atoms with van der Waals surface area (Å²) in [5.41, 5.74) is 11.2. The van der Waals surface area contributed by atoms with Crippen LogP contribution in [0.2, 0.25) is 0 Å². The third kappa shape index (κ3) is 6.40. The lowest BCUT2D eigenvalue weighted by Gasteiger charge is -2.26. The molecule has 0 bridgehead atoms. The van der Waals surface area contributed by atoms with E-state index in [1.54, 1.807) is 0 Å². The molecule has 0 saturated heterocycles. The number of hydrogen-bond donors (Lipinski definition) is 0. The van der Waals surface area contributed by atoms with Crippen molar-refractivity contribution in [3.8, 4) is 33.6 Å². The fraction of sp³-hybridized carbons (Fsp3) is 0. The molecule has 4 heterocycles. The van der Waals surface area contributed by atoms with Crippen molar-refractivity contribution in [2.45, 2.75) is 0 Å². The lowest BCUT2D eigenvalue weighted by atomic mass is 9.96. The van der Waals surface area contributed by atoms with E-state index in [1.165, 1.54) is 54.2 Å². The first kappa shape index (κ1) is 36.8. The molecule has 65 heavy (non-hydrogen) atoms. The van der Waals surface area contributed by atoms with E-state index in [2.05, 4.69) is 215 Å². The fourth-order valence-corrected chi connectivity index (χ4v) is 9.59. The number of nitrogens with zero attached hydrogens (tertiary/aromatic N) is 5. The molecule has 0 aliphatic carbocycles. The van der Waals surface area contributed by atoms with Crippen molar-refractivity contribution in [3.05, 3.63) is 225 Å². The Kier molecular flexibility index (Phi) is 8.46. The molecule has 5 nitrogen and oxygen atoms in total. The summed E-state index contributed by atoms with van der Waals surface area (Å²) < 4.78 is 0. The molecule has 0 unspecified atom stereocenters. The first-order chi connectivity index (χ1) is 32.2. The first-order valence-corrected chi connectivity index (χ1v) is 21.9. The SMILES string of the molecule is c1ccc2cc(-c3ccc4c(ccc5cc(N(c6ccc(-c7cc8c(cn7)ncc7ccccc78)cc6)c6ccc(-c7cc8c(cn7)ncc7ccccc78)cc6)ccc54)c3)ccc2c1. The third-order valence-corrected chi connectivity index (χ3v) is 13.0. The van der Waals surface area contributed by atoms with Crippen LogP contribution in [0, 0.1) is 0 Å². The highest BCUT2D eigenvalue weighted by Gasteiger charge is 2.16. The highest BCUT2D eigenvalue weighted by Crippen LogP contribution is 2.40. The van der Waals surface area contributed by atoms with Gasteiger partial charge >= 0.3 is 0 Å². The van der Waals surface area contributed by atoms with Crippen molar-refractivity contribution >= 4 is 92.7 Å². The molecule has 9 aromatic carbocycles. The van der Waals surface area contributed by atoms with Gasteiger partial charge in [0.15, 0.2) is 0 Å². The second-order valence-electron chi connectivity index (χ2n) is 16.8. The van der Waals surface area contributed by atoms with E-state index in [0.29, 0.717) is 0 Å². The summed E-state index contributed by atoms with van der Waals surface area (Å²) in [6.45, 7) is 0. The Balaban J connectivity index is 0.895. The van der Waals surface area contributed by atoms with Crippen LogP contribution in [0.15, 0.2) is 225 Å². The number of aromatic nitrogens is 4. The van der Waals surface area contributed by atoms with Gasteiger partial charge in [0.05, 0.1) is 34.8 Å². The van der Waals surface area contributed by atoms with Gasteiger partial charge in [-0.3, -0.25) is 19.9 Å². The number of anilines is 3. The zero-order chi connectivity index (χ0) is 42.8. The first-order valence-electron chi connectivity index (χ1n) is 21.9. The molecule has 302 valence electrons. The van der Waals surface area contributed by atoms with Crippen molar-refractivity contribution in [2.24, 2.45) is 0 Å². The van der Waals surface area contributed by atoms with Crippen LogP contribution < -0.4 is 4.90 Å². The van der Waals surface area contributed by atoms with E-state index < -0.39 is 0 Å². The Morgan fingerprint density at radius 1 is 0.246 bits per heavy atom. The molecule has 0 N–H and O–H groups in total. The molecule has 13 aromatic rings. The highest BCUT2D eigenvalue weighted by molar-refractivity contribution is 6.10. The van der Waals surface area contributed by atoms with Gasteiger partial charge in [-0.15, -0.1) is 0 Å². The van der Waals surface area contributed by atoms with Crippen LogP contribution in [0.1, 0.15) is 0 Å². The molecular formula is C60H37N5. The molecule has 0 aliphatic rings. The monoisotopic (exact) mass is 827 g/mol. The smallest absolute Gasteiger partial charge is 0.0892 e. The number of pyridine rings is 4. The minimum atomic E-state index is 0.886. The van der Waals surface area contributed by atoms with E-state index in [1.807, 2.05) is 24.8 Å². The predicted octanol–water partition coefficient (Wildman–Crippen LogP) is 15.8. The number of hydrogen-bond acceptors (Lipinski definition) is 5. The third-order valence-electron chi connectivity index (χ3n) is 13.0. The summed E-state index contributed by atoms with van der Waals surface area (Å²) in [5, 5.41) is 14.1. The van der Waals surface area contributed by atoms with Crippen molar-refractivity contribution in [1.82, 2.24) is 19.9 Å². The molecule has 0 radical (unpaired) electrons. The van der Waals surface area contributed by atoms with Crippen LogP contribution in [0.25, 0.3) is 109 Å². The number of fused-ring (bicyclic) bond motifs is 10. The van der Waals surface area contributed by atoms with Crippen LogP contribution in [-0.2, 0) is 0 Å². The zero-order valence-electron chi connectivity index (χ0n) is 35.1. The van der Waals surface area contributed by atoms with Gasteiger partial charge in [-0.1, -0.05) is 140 Å². The van der Waals surface area contributed by atoms with Crippen LogP contribution in [0.4, 0.5) is 17.1 Å². The summed E-state index contributed by atoms with van der Waals surface area (Å²) in [6, 6.07) is 72.0. The van der Waals surface area contributed by atoms with Gasteiger partial charge < -0.3 is 4.90 Å². The number of rotatable bonds is 6. The average Bonchev–Trinajstić information content (AvgIpc) is 3.38. The second-order valence-corrected chi connectivity index (χ2v) is 16.8.